The lowest BCUT2D eigenvalue weighted by molar-refractivity contribution is -0.136. The summed E-state index contributed by atoms with van der Waals surface area (Å²) in [5.74, 6) is 1.07. The maximum atomic E-state index is 15.1. The molecule has 0 radical (unpaired) electrons. The molecule has 45 heavy (non-hydrogen) atoms. The number of carbonyl (C=O) groups is 2. The second kappa shape index (κ2) is 13.5. The molecule has 2 fully saturated rings. The molecule has 4 aromatic rings. The van der Waals surface area contributed by atoms with Crippen LogP contribution in [0.4, 0.5) is 10.1 Å². The number of nitrogens with one attached hydrogen (secondary N) is 2. The third kappa shape index (κ3) is 7.01. The smallest absolute Gasteiger partial charge is 0.313 e. The fraction of sp³-hybridized carbons (Fsp3) is 0.343. The predicted molar refractivity (Wildman–Crippen MR) is 169 cm³/mol. The average Bonchev–Trinajstić information content (AvgIpc) is 3.58. The molecule has 1 aliphatic carbocycles. The molecule has 2 heterocycles. The molecular weight excluding hydrogens is 575 g/mol. The van der Waals surface area contributed by atoms with E-state index < -0.39 is 17.6 Å². The number of amides is 2. The largest absolute Gasteiger partial charge is 0.491 e. The van der Waals surface area contributed by atoms with Gasteiger partial charge in [0.05, 0.1) is 13.7 Å². The zero-order valence-corrected chi connectivity index (χ0v) is 25.4. The lowest BCUT2D eigenvalue weighted by atomic mass is 10.0. The standard InChI is InChI=1S/C35H37FN4O5/c1-40-19-24-16-23(17-25(24)20-40)21-44-31-11-9-27-29(13-15-37-32(27)33(31)43-2)45-30-10-8-26(18-28(30)36)39-35(42)34(41)38-14-12-22-6-4-3-5-7-22/h3-11,13,15,18,23-25H,12,14,16-17,19-21H2,1-2H3,(H,38,41)(H,39,42). The van der Waals surface area contributed by atoms with Crippen molar-refractivity contribution < 1.29 is 28.2 Å². The van der Waals surface area contributed by atoms with Crippen LogP contribution >= 0.6 is 0 Å². The number of fused-ring (bicyclic) bond motifs is 2. The van der Waals surface area contributed by atoms with Crippen molar-refractivity contribution in [3.63, 3.8) is 0 Å². The van der Waals surface area contributed by atoms with Gasteiger partial charge < -0.3 is 29.7 Å². The van der Waals surface area contributed by atoms with E-state index in [1.807, 2.05) is 42.5 Å². The maximum Gasteiger partial charge on any atom is 0.313 e. The summed E-state index contributed by atoms with van der Waals surface area (Å²) in [5.41, 5.74) is 1.71. The first-order valence-corrected chi connectivity index (χ1v) is 15.3. The van der Waals surface area contributed by atoms with Gasteiger partial charge in [0, 0.05) is 43.0 Å². The number of anilines is 1. The molecule has 6 rings (SSSR count). The van der Waals surface area contributed by atoms with Gasteiger partial charge in [-0.25, -0.2) is 4.39 Å². The van der Waals surface area contributed by atoms with Crippen molar-refractivity contribution in [2.75, 3.05) is 45.7 Å². The van der Waals surface area contributed by atoms with Crippen LogP contribution in [0.2, 0.25) is 0 Å². The minimum absolute atomic E-state index is 0.0514. The Labute approximate surface area is 261 Å². The average molecular weight is 613 g/mol. The number of benzene rings is 3. The van der Waals surface area contributed by atoms with Crippen LogP contribution in [-0.2, 0) is 16.0 Å². The van der Waals surface area contributed by atoms with Crippen molar-refractivity contribution in [2.24, 2.45) is 17.8 Å². The van der Waals surface area contributed by atoms with Crippen molar-refractivity contribution in [2.45, 2.75) is 19.3 Å². The van der Waals surface area contributed by atoms with Gasteiger partial charge >= 0.3 is 11.8 Å². The molecule has 0 spiro atoms. The minimum atomic E-state index is -0.884. The Hall–Kier alpha value is -4.70. The number of pyridine rings is 1. The minimum Gasteiger partial charge on any atom is -0.491 e. The highest BCUT2D eigenvalue weighted by molar-refractivity contribution is 6.39. The summed E-state index contributed by atoms with van der Waals surface area (Å²) in [4.78, 5) is 31.5. The van der Waals surface area contributed by atoms with Gasteiger partial charge in [0.1, 0.15) is 11.3 Å². The summed E-state index contributed by atoms with van der Waals surface area (Å²) in [6.45, 7) is 3.25. The Bertz CT molecular complexity index is 1670. The van der Waals surface area contributed by atoms with E-state index >= 15 is 4.39 Å². The van der Waals surface area contributed by atoms with Gasteiger partial charge in [-0.3, -0.25) is 14.6 Å². The molecule has 234 valence electrons. The quantitative estimate of drug-likeness (QED) is 0.230. The normalized spacial score (nSPS) is 19.2. The number of nitrogens with zero attached hydrogens (tertiary/aromatic N) is 2. The fourth-order valence-corrected chi connectivity index (χ4v) is 6.57. The maximum absolute atomic E-state index is 15.1. The van der Waals surface area contributed by atoms with Gasteiger partial charge in [0.2, 0.25) is 0 Å². The second-order valence-corrected chi connectivity index (χ2v) is 11.9. The topological polar surface area (TPSA) is 102 Å². The number of hydrogen-bond donors (Lipinski definition) is 2. The Balaban J connectivity index is 1.08. The molecule has 0 bridgehead atoms. The van der Waals surface area contributed by atoms with Crippen molar-refractivity contribution in [1.82, 2.24) is 15.2 Å². The zero-order chi connectivity index (χ0) is 31.3. The summed E-state index contributed by atoms with van der Waals surface area (Å²) >= 11 is 0. The number of aromatic nitrogens is 1. The zero-order valence-electron chi connectivity index (χ0n) is 25.4. The molecular formula is C35H37FN4O5. The third-order valence-corrected chi connectivity index (χ3v) is 8.66. The number of hydrogen-bond acceptors (Lipinski definition) is 7. The molecule has 2 amide bonds. The van der Waals surface area contributed by atoms with Gasteiger partial charge in [-0.2, -0.15) is 0 Å². The number of carbonyl (C=O) groups excluding carboxylic acids is 2. The van der Waals surface area contributed by atoms with E-state index in [0.29, 0.717) is 53.6 Å². The molecule has 2 atom stereocenters. The van der Waals surface area contributed by atoms with Crippen molar-refractivity contribution in [3.05, 3.63) is 84.3 Å². The van der Waals surface area contributed by atoms with E-state index in [0.717, 1.165) is 36.6 Å². The number of halogens is 1. The first kappa shape index (κ1) is 30.3. The van der Waals surface area contributed by atoms with Gasteiger partial charge in [-0.1, -0.05) is 30.3 Å². The van der Waals surface area contributed by atoms with E-state index in [2.05, 4.69) is 27.6 Å². The van der Waals surface area contributed by atoms with Gasteiger partial charge in [-0.15, -0.1) is 0 Å². The van der Waals surface area contributed by atoms with E-state index in [-0.39, 0.29) is 11.4 Å². The van der Waals surface area contributed by atoms with E-state index in [4.69, 9.17) is 14.2 Å². The van der Waals surface area contributed by atoms with E-state index in [1.54, 1.807) is 19.4 Å². The second-order valence-electron chi connectivity index (χ2n) is 11.9. The number of likely N-dealkylation sites (tertiary alicyclic amines) is 1. The van der Waals surface area contributed by atoms with E-state index in [1.165, 1.54) is 25.0 Å². The highest BCUT2D eigenvalue weighted by Gasteiger charge is 2.39. The lowest BCUT2D eigenvalue weighted by Gasteiger charge is -2.18. The molecule has 2 unspecified atom stereocenters. The molecule has 1 saturated heterocycles. The van der Waals surface area contributed by atoms with Crippen LogP contribution in [0.3, 0.4) is 0 Å². The molecule has 1 aromatic heterocycles. The lowest BCUT2D eigenvalue weighted by Crippen LogP contribution is -2.36. The summed E-state index contributed by atoms with van der Waals surface area (Å²) in [6.07, 6.45) is 4.51. The van der Waals surface area contributed by atoms with Crippen molar-refractivity contribution >= 4 is 28.4 Å². The van der Waals surface area contributed by atoms with Crippen LogP contribution < -0.4 is 24.8 Å². The Morgan fingerprint density at radius 3 is 2.44 bits per heavy atom. The highest BCUT2D eigenvalue weighted by atomic mass is 19.1. The fourth-order valence-electron chi connectivity index (χ4n) is 6.57. The van der Waals surface area contributed by atoms with Crippen molar-refractivity contribution in [3.8, 4) is 23.0 Å². The third-order valence-electron chi connectivity index (χ3n) is 8.66. The Kier molecular flexibility index (Phi) is 9.11. The van der Waals surface area contributed by atoms with Crippen LogP contribution in [0.1, 0.15) is 18.4 Å². The molecule has 1 saturated carbocycles. The van der Waals surface area contributed by atoms with Gasteiger partial charge in [-0.05, 0) is 80.0 Å². The Morgan fingerprint density at radius 1 is 0.956 bits per heavy atom. The Morgan fingerprint density at radius 2 is 1.71 bits per heavy atom. The number of methoxy groups -OCH3 is 1. The molecule has 2 aliphatic rings. The van der Waals surface area contributed by atoms with E-state index in [9.17, 15) is 9.59 Å². The molecule has 1 aliphatic heterocycles. The predicted octanol–water partition coefficient (Wildman–Crippen LogP) is 5.44. The molecule has 10 heteroatoms. The summed E-state index contributed by atoms with van der Waals surface area (Å²) < 4.78 is 33.0. The molecule has 9 nitrogen and oxygen atoms in total. The highest BCUT2D eigenvalue weighted by Crippen LogP contribution is 2.43. The number of rotatable bonds is 10. The van der Waals surface area contributed by atoms with Crippen LogP contribution in [0.15, 0.2) is 72.9 Å². The SMILES string of the molecule is COc1c(OCC2CC3CN(C)CC3C2)ccc2c(Oc3ccc(NC(=O)C(=O)NCCc4ccccc4)cc3F)ccnc12. The molecule has 3 aromatic carbocycles. The first-order valence-electron chi connectivity index (χ1n) is 15.3. The number of ether oxygens (including phenoxy) is 3. The van der Waals surface area contributed by atoms with Crippen LogP contribution in [0.5, 0.6) is 23.0 Å². The summed E-state index contributed by atoms with van der Waals surface area (Å²) in [6, 6.07) is 18.9. The van der Waals surface area contributed by atoms with Gasteiger partial charge in [0.25, 0.3) is 0 Å². The first-order chi connectivity index (χ1) is 21.9. The van der Waals surface area contributed by atoms with Crippen LogP contribution in [-0.4, -0.2) is 62.1 Å². The summed E-state index contributed by atoms with van der Waals surface area (Å²) in [5, 5.41) is 5.63. The molecule has 2 N–H and O–H groups in total. The van der Waals surface area contributed by atoms with Crippen LogP contribution in [0, 0.1) is 23.6 Å². The monoisotopic (exact) mass is 612 g/mol. The van der Waals surface area contributed by atoms with Gasteiger partial charge in [0.15, 0.2) is 23.1 Å². The summed E-state index contributed by atoms with van der Waals surface area (Å²) in [7, 11) is 3.76. The van der Waals surface area contributed by atoms with Crippen molar-refractivity contribution in [1.29, 1.82) is 0 Å². The van der Waals surface area contributed by atoms with Crippen LogP contribution in [0.25, 0.3) is 10.9 Å².